The maximum Gasteiger partial charge on any atom is 0.269 e. The van der Waals surface area contributed by atoms with E-state index in [1.54, 1.807) is 35.5 Å². The van der Waals surface area contributed by atoms with Crippen molar-refractivity contribution < 1.29 is 24.0 Å². The lowest BCUT2D eigenvalue weighted by Gasteiger charge is -2.33. The monoisotopic (exact) mass is 496 g/mol. The molecular formula is C27H20N4O6. The molecule has 2 fully saturated rings. The lowest BCUT2D eigenvalue weighted by Crippen LogP contribution is -2.44. The Morgan fingerprint density at radius 2 is 1.62 bits per heavy atom. The quantitative estimate of drug-likeness (QED) is 0.230. The Bertz CT molecular complexity index is 1480. The van der Waals surface area contributed by atoms with Crippen molar-refractivity contribution in [2.75, 3.05) is 12.0 Å². The van der Waals surface area contributed by atoms with Gasteiger partial charge in [-0.3, -0.25) is 29.5 Å². The topological polar surface area (TPSA) is 122 Å². The Labute approximate surface area is 210 Å². The van der Waals surface area contributed by atoms with Crippen molar-refractivity contribution >= 4 is 35.2 Å². The van der Waals surface area contributed by atoms with E-state index in [4.69, 9.17) is 4.74 Å². The Balaban J connectivity index is 1.45. The van der Waals surface area contributed by atoms with Gasteiger partial charge in [0, 0.05) is 17.7 Å². The number of methoxy groups -OCH3 is 1. The second kappa shape index (κ2) is 8.37. The number of non-ortho nitro benzene ring substituents is 1. The molecule has 184 valence electrons. The molecule has 2 amide bonds. The molecule has 0 saturated carbocycles. The van der Waals surface area contributed by atoms with Crippen molar-refractivity contribution in [3.63, 3.8) is 0 Å². The number of carbonyl (C=O) groups excluding carboxylic acids is 3. The third kappa shape index (κ3) is 3.33. The van der Waals surface area contributed by atoms with Crippen molar-refractivity contribution in [1.82, 2.24) is 5.01 Å². The lowest BCUT2D eigenvalue weighted by atomic mass is 9.83. The molecule has 3 heterocycles. The largest absolute Gasteiger partial charge is 0.497 e. The van der Waals surface area contributed by atoms with E-state index < -0.39 is 40.7 Å². The Morgan fingerprint density at radius 1 is 0.946 bits per heavy atom. The molecule has 3 aliphatic heterocycles. The van der Waals surface area contributed by atoms with E-state index >= 15 is 0 Å². The van der Waals surface area contributed by atoms with Crippen LogP contribution in [0.2, 0.25) is 0 Å². The van der Waals surface area contributed by atoms with E-state index in [1.165, 1.54) is 31.4 Å². The summed E-state index contributed by atoms with van der Waals surface area (Å²) in [7, 11) is 1.53. The van der Waals surface area contributed by atoms with Gasteiger partial charge >= 0.3 is 0 Å². The number of amides is 2. The predicted molar refractivity (Wildman–Crippen MR) is 132 cm³/mol. The summed E-state index contributed by atoms with van der Waals surface area (Å²) in [6.07, 6.45) is 1.64. The number of hydrogen-bond donors (Lipinski definition) is 0. The number of Topliss-reactive ketones (excluding diaryl/α,β-unsaturated/α-hetero) is 1. The van der Waals surface area contributed by atoms with Crippen molar-refractivity contribution in [1.29, 1.82) is 0 Å². The number of nitro benzene ring substituents is 1. The fourth-order valence-electron chi connectivity index (χ4n) is 5.57. The fourth-order valence-corrected chi connectivity index (χ4v) is 5.57. The van der Waals surface area contributed by atoms with Crippen molar-refractivity contribution in [3.8, 4) is 5.75 Å². The van der Waals surface area contributed by atoms with Crippen LogP contribution in [0.1, 0.15) is 27.5 Å². The van der Waals surface area contributed by atoms with Crippen LogP contribution in [0.4, 0.5) is 11.4 Å². The van der Waals surface area contributed by atoms with Gasteiger partial charge in [0.15, 0.2) is 5.78 Å². The zero-order valence-electron chi connectivity index (χ0n) is 19.6. The van der Waals surface area contributed by atoms with Gasteiger partial charge in [-0.15, -0.1) is 0 Å². The van der Waals surface area contributed by atoms with Crippen LogP contribution in [0, 0.1) is 22.0 Å². The normalized spacial score (nSPS) is 23.5. The third-order valence-corrected chi connectivity index (χ3v) is 7.26. The number of ketones is 1. The van der Waals surface area contributed by atoms with Gasteiger partial charge in [0.25, 0.3) is 5.69 Å². The third-order valence-electron chi connectivity index (χ3n) is 7.26. The van der Waals surface area contributed by atoms with Crippen molar-refractivity contribution in [2.45, 2.75) is 12.1 Å². The molecule has 3 aromatic rings. The zero-order chi connectivity index (χ0) is 25.8. The number of imide groups is 1. The van der Waals surface area contributed by atoms with Gasteiger partial charge < -0.3 is 4.74 Å². The Kier molecular flexibility index (Phi) is 5.11. The highest BCUT2D eigenvalue weighted by atomic mass is 16.6. The molecule has 37 heavy (non-hydrogen) atoms. The molecule has 0 bridgehead atoms. The molecule has 1 unspecified atom stereocenters. The molecule has 0 radical (unpaired) electrons. The second-order valence-electron chi connectivity index (χ2n) is 9.07. The first kappa shape index (κ1) is 22.6. The molecule has 10 nitrogen and oxygen atoms in total. The van der Waals surface area contributed by atoms with Crippen molar-refractivity contribution in [2.24, 2.45) is 16.9 Å². The first-order valence-electron chi connectivity index (χ1n) is 11.6. The first-order valence-corrected chi connectivity index (χ1v) is 11.6. The number of rotatable bonds is 5. The molecule has 3 aromatic carbocycles. The molecule has 3 aliphatic rings. The van der Waals surface area contributed by atoms with Crippen LogP contribution in [-0.4, -0.2) is 46.9 Å². The van der Waals surface area contributed by atoms with Gasteiger partial charge in [-0.25, -0.2) is 4.90 Å². The van der Waals surface area contributed by atoms with Crippen LogP contribution in [0.3, 0.4) is 0 Å². The summed E-state index contributed by atoms with van der Waals surface area (Å²) in [6, 6.07) is 17.7. The van der Waals surface area contributed by atoms with E-state index in [9.17, 15) is 24.5 Å². The molecule has 4 atom stereocenters. The van der Waals surface area contributed by atoms with Crippen molar-refractivity contribution in [3.05, 3.63) is 99.6 Å². The molecule has 2 saturated heterocycles. The van der Waals surface area contributed by atoms with Crippen LogP contribution in [0.25, 0.3) is 0 Å². The first-order chi connectivity index (χ1) is 17.9. The highest BCUT2D eigenvalue weighted by Crippen LogP contribution is 2.53. The van der Waals surface area contributed by atoms with E-state index in [1.807, 2.05) is 24.3 Å². The summed E-state index contributed by atoms with van der Waals surface area (Å²) in [4.78, 5) is 53.1. The van der Waals surface area contributed by atoms with Gasteiger partial charge in [-0.1, -0.05) is 24.3 Å². The van der Waals surface area contributed by atoms with E-state index in [0.29, 0.717) is 11.3 Å². The second-order valence-corrected chi connectivity index (χ2v) is 9.07. The number of nitrogens with zero attached hydrogens (tertiary/aromatic N) is 4. The average molecular weight is 496 g/mol. The van der Waals surface area contributed by atoms with E-state index in [-0.39, 0.29) is 17.2 Å². The number of benzene rings is 3. The van der Waals surface area contributed by atoms with Gasteiger partial charge in [0.05, 0.1) is 41.8 Å². The van der Waals surface area contributed by atoms with E-state index in [2.05, 4.69) is 5.10 Å². The van der Waals surface area contributed by atoms with Crippen LogP contribution < -0.4 is 9.64 Å². The number of fused-ring (bicyclic) bond motifs is 5. The summed E-state index contributed by atoms with van der Waals surface area (Å²) < 4.78 is 5.19. The fraction of sp³-hybridized carbons (Fsp3) is 0.185. The zero-order valence-corrected chi connectivity index (χ0v) is 19.6. The van der Waals surface area contributed by atoms with Crippen LogP contribution in [0.15, 0.2) is 77.9 Å². The van der Waals surface area contributed by atoms with Crippen LogP contribution in [-0.2, 0) is 9.59 Å². The summed E-state index contributed by atoms with van der Waals surface area (Å²) in [5.74, 6) is -2.57. The molecule has 6 rings (SSSR count). The van der Waals surface area contributed by atoms with Gasteiger partial charge in [0.2, 0.25) is 11.8 Å². The number of ether oxygens (including phenoxy) is 1. The summed E-state index contributed by atoms with van der Waals surface area (Å²) >= 11 is 0. The number of anilines is 1. The minimum absolute atomic E-state index is 0.155. The molecular weight excluding hydrogens is 476 g/mol. The standard InChI is InChI=1S/C27H20N4O6/c1-37-19-12-6-15(7-13-19)25(32)24-22-21(23-20-5-3-2-4-16(20)14-28-30(23)24)26(33)29(27(22)34)17-8-10-18(11-9-17)31(35)36/h2-14,21-24H,1H3/t21-,22+,23?,24-/m0/s1. The summed E-state index contributed by atoms with van der Waals surface area (Å²) in [5, 5.41) is 17.2. The number of nitro groups is 1. The smallest absolute Gasteiger partial charge is 0.269 e. The SMILES string of the molecule is COc1ccc(C(=O)[C@@H]2[C@@H]3C(=O)N(c4ccc([N+](=O)[O-])cc4)C(=O)[C@@H]3C3c4ccccc4C=NN32)cc1. The predicted octanol–water partition coefficient (Wildman–Crippen LogP) is 3.36. The Morgan fingerprint density at radius 3 is 2.30 bits per heavy atom. The Hall–Kier alpha value is -4.86. The highest BCUT2D eigenvalue weighted by Gasteiger charge is 2.65. The molecule has 0 aliphatic carbocycles. The van der Waals surface area contributed by atoms with Crippen LogP contribution in [0.5, 0.6) is 5.75 Å². The molecule has 0 N–H and O–H groups in total. The number of hydrogen-bond acceptors (Lipinski definition) is 8. The molecule has 0 aromatic heterocycles. The maximum absolute atomic E-state index is 13.9. The van der Waals surface area contributed by atoms with Crippen LogP contribution >= 0.6 is 0 Å². The number of carbonyl (C=O) groups is 3. The number of hydrazone groups is 1. The molecule has 10 heteroatoms. The molecule has 0 spiro atoms. The summed E-state index contributed by atoms with van der Waals surface area (Å²) in [6.45, 7) is 0. The van der Waals surface area contributed by atoms with Gasteiger partial charge in [-0.05, 0) is 47.5 Å². The minimum Gasteiger partial charge on any atom is -0.497 e. The average Bonchev–Trinajstić information content (AvgIpc) is 3.40. The lowest BCUT2D eigenvalue weighted by molar-refractivity contribution is -0.384. The highest BCUT2D eigenvalue weighted by molar-refractivity contribution is 6.24. The van der Waals surface area contributed by atoms with E-state index in [0.717, 1.165) is 16.0 Å². The summed E-state index contributed by atoms with van der Waals surface area (Å²) in [5.41, 5.74) is 2.06. The van der Waals surface area contributed by atoms with Gasteiger partial charge in [-0.2, -0.15) is 5.10 Å². The van der Waals surface area contributed by atoms with Gasteiger partial charge in [0.1, 0.15) is 11.8 Å². The maximum atomic E-state index is 13.9. The minimum atomic E-state index is -1.01.